The Kier molecular flexibility index (Phi) is 4.98. The minimum Gasteiger partial charge on any atom is -0.396 e. The van der Waals surface area contributed by atoms with Crippen molar-refractivity contribution in [3.05, 3.63) is 34.3 Å². The Morgan fingerprint density at radius 3 is 2.47 bits per heavy atom. The minimum absolute atomic E-state index is 0.193. The van der Waals surface area contributed by atoms with Crippen LogP contribution in [0.3, 0.4) is 0 Å². The van der Waals surface area contributed by atoms with Crippen LogP contribution in [0.5, 0.6) is 0 Å². The first-order valence-electron chi connectivity index (χ1n) is 5.96. The van der Waals surface area contributed by atoms with Crippen molar-refractivity contribution in [1.29, 1.82) is 0 Å². The Balaban J connectivity index is 1.97. The lowest BCUT2D eigenvalue weighted by molar-refractivity contribution is 0.0319. The molecule has 3 nitrogen and oxygen atoms in total. The number of halogens is 1. The van der Waals surface area contributed by atoms with Gasteiger partial charge in [-0.1, -0.05) is 28.1 Å². The van der Waals surface area contributed by atoms with E-state index in [1.54, 1.807) is 0 Å². The monoisotopic (exact) mass is 299 g/mol. The van der Waals surface area contributed by atoms with Gasteiger partial charge in [0.2, 0.25) is 0 Å². The molecule has 0 amide bonds. The maximum atomic E-state index is 9.51. The zero-order valence-electron chi connectivity index (χ0n) is 9.81. The zero-order valence-corrected chi connectivity index (χ0v) is 11.4. The summed E-state index contributed by atoms with van der Waals surface area (Å²) in [7, 11) is 0. The standard InChI is InChI=1S/C13H18BrNO2/c14-13-3-1-11(2-4-13)12(10-16)9-15-5-7-17-8-6-15/h1-4,12,16H,5-10H2. The van der Waals surface area contributed by atoms with Gasteiger partial charge in [0.15, 0.2) is 0 Å². The van der Waals surface area contributed by atoms with Crippen LogP contribution in [-0.2, 0) is 4.74 Å². The summed E-state index contributed by atoms with van der Waals surface area (Å²) in [5, 5.41) is 9.51. The van der Waals surface area contributed by atoms with Gasteiger partial charge >= 0.3 is 0 Å². The van der Waals surface area contributed by atoms with Crippen LogP contribution in [0, 0.1) is 0 Å². The zero-order chi connectivity index (χ0) is 12.1. The molecule has 94 valence electrons. The van der Waals surface area contributed by atoms with Gasteiger partial charge < -0.3 is 9.84 Å². The number of rotatable bonds is 4. The molecule has 0 spiro atoms. The van der Waals surface area contributed by atoms with E-state index in [1.165, 1.54) is 5.56 Å². The van der Waals surface area contributed by atoms with E-state index in [-0.39, 0.29) is 12.5 Å². The van der Waals surface area contributed by atoms with Crippen LogP contribution in [0.2, 0.25) is 0 Å². The molecule has 1 aliphatic heterocycles. The highest BCUT2D eigenvalue weighted by Crippen LogP contribution is 2.20. The predicted octanol–water partition coefficient (Wildman–Crippen LogP) is 1.86. The van der Waals surface area contributed by atoms with E-state index in [0.717, 1.165) is 37.3 Å². The first kappa shape index (κ1) is 13.0. The van der Waals surface area contributed by atoms with Crippen molar-refractivity contribution in [2.45, 2.75) is 5.92 Å². The van der Waals surface area contributed by atoms with Crippen LogP contribution in [0.15, 0.2) is 28.7 Å². The van der Waals surface area contributed by atoms with Crippen molar-refractivity contribution < 1.29 is 9.84 Å². The molecule has 1 aliphatic rings. The van der Waals surface area contributed by atoms with Crippen molar-refractivity contribution in [2.75, 3.05) is 39.5 Å². The summed E-state index contributed by atoms with van der Waals surface area (Å²) in [6.07, 6.45) is 0. The van der Waals surface area contributed by atoms with Gasteiger partial charge in [0.05, 0.1) is 19.8 Å². The summed E-state index contributed by atoms with van der Waals surface area (Å²) in [4.78, 5) is 2.35. The van der Waals surface area contributed by atoms with Gasteiger partial charge in [0.25, 0.3) is 0 Å². The average molecular weight is 300 g/mol. The van der Waals surface area contributed by atoms with Gasteiger partial charge in [0.1, 0.15) is 0 Å². The minimum atomic E-state index is 0.193. The number of morpholine rings is 1. The molecular weight excluding hydrogens is 282 g/mol. The van der Waals surface area contributed by atoms with Gasteiger partial charge in [0, 0.05) is 30.0 Å². The fourth-order valence-corrected chi connectivity index (χ4v) is 2.36. The molecule has 1 atom stereocenters. The first-order valence-corrected chi connectivity index (χ1v) is 6.75. The van der Waals surface area contributed by atoms with Gasteiger partial charge in [-0.05, 0) is 17.7 Å². The van der Waals surface area contributed by atoms with E-state index < -0.39 is 0 Å². The van der Waals surface area contributed by atoms with E-state index in [4.69, 9.17) is 4.74 Å². The molecule has 1 aromatic rings. The third-order valence-electron chi connectivity index (χ3n) is 3.14. The molecule has 0 saturated carbocycles. The molecular formula is C13H18BrNO2. The van der Waals surface area contributed by atoms with E-state index in [9.17, 15) is 5.11 Å². The van der Waals surface area contributed by atoms with Gasteiger partial charge in [-0.25, -0.2) is 0 Å². The summed E-state index contributed by atoms with van der Waals surface area (Å²) < 4.78 is 6.40. The molecule has 0 bridgehead atoms. The predicted molar refractivity (Wildman–Crippen MR) is 71.2 cm³/mol. The SMILES string of the molecule is OCC(CN1CCOCC1)c1ccc(Br)cc1. The molecule has 1 saturated heterocycles. The summed E-state index contributed by atoms with van der Waals surface area (Å²) in [5.41, 5.74) is 1.20. The fraction of sp³-hybridized carbons (Fsp3) is 0.538. The molecule has 1 aromatic carbocycles. The molecule has 1 heterocycles. The molecule has 0 radical (unpaired) electrons. The van der Waals surface area contributed by atoms with Crippen molar-refractivity contribution in [1.82, 2.24) is 4.90 Å². The van der Waals surface area contributed by atoms with Crippen LogP contribution in [-0.4, -0.2) is 49.5 Å². The number of ether oxygens (including phenoxy) is 1. The third kappa shape index (κ3) is 3.78. The van der Waals surface area contributed by atoms with E-state index in [0.29, 0.717) is 0 Å². The maximum absolute atomic E-state index is 9.51. The van der Waals surface area contributed by atoms with Crippen LogP contribution < -0.4 is 0 Å². The molecule has 1 N–H and O–H groups in total. The summed E-state index contributed by atoms with van der Waals surface area (Å²) >= 11 is 3.43. The second kappa shape index (κ2) is 6.50. The van der Waals surface area contributed by atoms with Gasteiger partial charge in [-0.3, -0.25) is 4.90 Å². The Morgan fingerprint density at radius 1 is 1.24 bits per heavy atom. The lowest BCUT2D eigenvalue weighted by atomic mass is 9.99. The average Bonchev–Trinajstić information content (AvgIpc) is 2.38. The Labute approximate surface area is 111 Å². The smallest absolute Gasteiger partial charge is 0.0594 e. The summed E-state index contributed by atoms with van der Waals surface area (Å²) in [6, 6.07) is 8.20. The molecule has 1 unspecified atom stereocenters. The van der Waals surface area contributed by atoms with Gasteiger partial charge in [-0.2, -0.15) is 0 Å². The summed E-state index contributed by atoms with van der Waals surface area (Å²) in [5.74, 6) is 0.196. The van der Waals surface area contributed by atoms with Crippen molar-refractivity contribution in [2.24, 2.45) is 0 Å². The normalized spacial score (nSPS) is 19.2. The Morgan fingerprint density at radius 2 is 1.88 bits per heavy atom. The second-order valence-corrected chi connectivity index (χ2v) is 5.26. The number of nitrogens with zero attached hydrogens (tertiary/aromatic N) is 1. The maximum Gasteiger partial charge on any atom is 0.0594 e. The van der Waals surface area contributed by atoms with Gasteiger partial charge in [-0.15, -0.1) is 0 Å². The van der Waals surface area contributed by atoms with Crippen LogP contribution in [0.1, 0.15) is 11.5 Å². The van der Waals surface area contributed by atoms with Crippen molar-refractivity contribution in [3.63, 3.8) is 0 Å². The highest BCUT2D eigenvalue weighted by Gasteiger charge is 2.17. The van der Waals surface area contributed by atoms with Crippen molar-refractivity contribution in [3.8, 4) is 0 Å². The largest absolute Gasteiger partial charge is 0.396 e. The van der Waals surface area contributed by atoms with E-state index >= 15 is 0 Å². The topological polar surface area (TPSA) is 32.7 Å². The number of benzene rings is 1. The molecule has 17 heavy (non-hydrogen) atoms. The first-order chi connectivity index (χ1) is 8.29. The van der Waals surface area contributed by atoms with Crippen LogP contribution >= 0.6 is 15.9 Å². The van der Waals surface area contributed by atoms with Crippen LogP contribution in [0.4, 0.5) is 0 Å². The molecule has 0 aliphatic carbocycles. The number of hydrogen-bond acceptors (Lipinski definition) is 3. The number of hydrogen-bond donors (Lipinski definition) is 1. The van der Waals surface area contributed by atoms with E-state index in [2.05, 4.69) is 33.0 Å². The second-order valence-electron chi connectivity index (χ2n) is 4.34. The number of aliphatic hydroxyl groups is 1. The highest BCUT2D eigenvalue weighted by molar-refractivity contribution is 9.10. The van der Waals surface area contributed by atoms with Crippen LogP contribution in [0.25, 0.3) is 0 Å². The highest BCUT2D eigenvalue weighted by atomic mass is 79.9. The summed E-state index contributed by atoms with van der Waals surface area (Å²) in [6.45, 7) is 4.64. The Hall–Kier alpha value is -0.420. The lowest BCUT2D eigenvalue weighted by Crippen LogP contribution is -2.39. The molecule has 0 aromatic heterocycles. The third-order valence-corrected chi connectivity index (χ3v) is 3.67. The lowest BCUT2D eigenvalue weighted by Gasteiger charge is -2.30. The van der Waals surface area contributed by atoms with Crippen molar-refractivity contribution >= 4 is 15.9 Å². The molecule has 2 rings (SSSR count). The molecule has 1 fully saturated rings. The Bertz CT molecular complexity index is 336. The quantitative estimate of drug-likeness (QED) is 0.921. The number of aliphatic hydroxyl groups excluding tert-OH is 1. The van der Waals surface area contributed by atoms with E-state index in [1.807, 2.05) is 12.1 Å². The molecule has 4 heteroatoms. The fourth-order valence-electron chi connectivity index (χ4n) is 2.10.